The van der Waals surface area contributed by atoms with Crippen LogP contribution in [0.3, 0.4) is 0 Å². The van der Waals surface area contributed by atoms with Gasteiger partial charge in [-0.25, -0.2) is 0 Å². The lowest BCUT2D eigenvalue weighted by molar-refractivity contribution is 0.304. The van der Waals surface area contributed by atoms with Gasteiger partial charge in [0.1, 0.15) is 5.75 Å². The van der Waals surface area contributed by atoms with Crippen LogP contribution in [-0.4, -0.2) is 6.61 Å². The summed E-state index contributed by atoms with van der Waals surface area (Å²) < 4.78 is 5.63. The first-order valence-corrected chi connectivity index (χ1v) is 7.29. The monoisotopic (exact) mass is 305 g/mol. The van der Waals surface area contributed by atoms with Crippen molar-refractivity contribution in [2.24, 2.45) is 0 Å². The lowest BCUT2D eigenvalue weighted by Crippen LogP contribution is -1.98. The smallest absolute Gasteiger partial charge is 0.138 e. The van der Waals surface area contributed by atoms with Crippen molar-refractivity contribution in [1.82, 2.24) is 0 Å². The highest BCUT2D eigenvalue weighted by atomic mass is 35.5. The summed E-state index contributed by atoms with van der Waals surface area (Å²) in [4.78, 5) is 0. The summed E-state index contributed by atoms with van der Waals surface area (Å²) in [6.07, 6.45) is 9.00. The SMILES string of the molecule is CCCCCCCCCOc1ccc(N)cc1Cl.Cl. The molecule has 1 rings (SSSR count). The van der Waals surface area contributed by atoms with Crippen LogP contribution in [0.5, 0.6) is 5.75 Å². The second kappa shape index (κ2) is 11.2. The minimum Gasteiger partial charge on any atom is -0.492 e. The molecule has 0 aliphatic rings. The number of nitrogen functional groups attached to an aromatic ring is 1. The first-order valence-electron chi connectivity index (χ1n) is 6.92. The van der Waals surface area contributed by atoms with Crippen LogP contribution in [0.1, 0.15) is 51.9 Å². The molecule has 1 aromatic carbocycles. The van der Waals surface area contributed by atoms with E-state index >= 15 is 0 Å². The molecule has 0 spiro atoms. The van der Waals surface area contributed by atoms with Crippen molar-refractivity contribution in [2.45, 2.75) is 51.9 Å². The van der Waals surface area contributed by atoms with Crippen LogP contribution >= 0.6 is 24.0 Å². The maximum absolute atomic E-state index is 6.02. The van der Waals surface area contributed by atoms with Gasteiger partial charge in [0.25, 0.3) is 0 Å². The Morgan fingerprint density at radius 1 is 1.05 bits per heavy atom. The predicted molar refractivity (Wildman–Crippen MR) is 86.6 cm³/mol. The molecule has 2 N–H and O–H groups in total. The molecule has 19 heavy (non-hydrogen) atoms. The van der Waals surface area contributed by atoms with E-state index in [2.05, 4.69) is 6.92 Å². The summed E-state index contributed by atoms with van der Waals surface area (Å²) in [5.74, 6) is 0.733. The predicted octanol–water partition coefficient (Wildman–Crippen LogP) is 5.47. The minimum atomic E-state index is 0. The van der Waals surface area contributed by atoms with Gasteiger partial charge in [-0.05, 0) is 24.6 Å². The molecule has 0 atom stereocenters. The zero-order valence-corrected chi connectivity index (χ0v) is 13.2. The van der Waals surface area contributed by atoms with Crippen molar-refractivity contribution in [3.8, 4) is 5.75 Å². The first-order chi connectivity index (χ1) is 8.74. The van der Waals surface area contributed by atoms with E-state index in [9.17, 15) is 0 Å². The van der Waals surface area contributed by atoms with Crippen molar-refractivity contribution in [2.75, 3.05) is 12.3 Å². The van der Waals surface area contributed by atoms with Gasteiger partial charge >= 0.3 is 0 Å². The topological polar surface area (TPSA) is 35.2 Å². The number of rotatable bonds is 9. The Morgan fingerprint density at radius 3 is 2.32 bits per heavy atom. The summed E-state index contributed by atoms with van der Waals surface area (Å²) >= 11 is 6.02. The molecule has 0 aliphatic carbocycles. The summed E-state index contributed by atoms with van der Waals surface area (Å²) in [6.45, 7) is 2.97. The van der Waals surface area contributed by atoms with Gasteiger partial charge in [0, 0.05) is 5.69 Å². The molecule has 0 aliphatic heterocycles. The Balaban J connectivity index is 0.00000324. The highest BCUT2D eigenvalue weighted by molar-refractivity contribution is 6.32. The number of halogens is 2. The van der Waals surface area contributed by atoms with E-state index < -0.39 is 0 Å². The third kappa shape index (κ3) is 8.22. The molecule has 0 saturated carbocycles. The van der Waals surface area contributed by atoms with Crippen molar-refractivity contribution >= 4 is 29.7 Å². The third-order valence-corrected chi connectivity index (χ3v) is 3.26. The van der Waals surface area contributed by atoms with E-state index in [1.807, 2.05) is 12.1 Å². The van der Waals surface area contributed by atoms with Crippen LogP contribution in [0.2, 0.25) is 5.02 Å². The third-order valence-electron chi connectivity index (χ3n) is 2.96. The average Bonchev–Trinajstić information content (AvgIpc) is 2.35. The second-order valence-electron chi connectivity index (χ2n) is 4.66. The van der Waals surface area contributed by atoms with Crippen LogP contribution in [0, 0.1) is 0 Å². The van der Waals surface area contributed by atoms with Crippen molar-refractivity contribution in [3.63, 3.8) is 0 Å². The van der Waals surface area contributed by atoms with Crippen molar-refractivity contribution in [3.05, 3.63) is 23.2 Å². The zero-order valence-electron chi connectivity index (χ0n) is 11.7. The molecular weight excluding hydrogens is 281 g/mol. The quantitative estimate of drug-likeness (QED) is 0.485. The fourth-order valence-corrected chi connectivity index (χ4v) is 2.12. The van der Waals surface area contributed by atoms with E-state index in [-0.39, 0.29) is 12.4 Å². The van der Waals surface area contributed by atoms with Crippen LogP contribution < -0.4 is 10.5 Å². The van der Waals surface area contributed by atoms with Gasteiger partial charge in [-0.1, -0.05) is 57.0 Å². The van der Waals surface area contributed by atoms with E-state index in [0.717, 1.165) is 18.8 Å². The fourth-order valence-electron chi connectivity index (χ4n) is 1.88. The highest BCUT2D eigenvalue weighted by Crippen LogP contribution is 2.26. The van der Waals surface area contributed by atoms with Gasteiger partial charge in [-0.2, -0.15) is 0 Å². The van der Waals surface area contributed by atoms with Gasteiger partial charge in [0.05, 0.1) is 11.6 Å². The van der Waals surface area contributed by atoms with Gasteiger partial charge in [0.15, 0.2) is 0 Å². The maximum Gasteiger partial charge on any atom is 0.138 e. The van der Waals surface area contributed by atoms with E-state index in [4.69, 9.17) is 22.1 Å². The molecule has 0 heterocycles. The lowest BCUT2D eigenvalue weighted by Gasteiger charge is -2.08. The molecule has 0 unspecified atom stereocenters. The molecule has 4 heteroatoms. The molecule has 2 nitrogen and oxygen atoms in total. The Labute approximate surface area is 128 Å². The number of benzene rings is 1. The first kappa shape index (κ1) is 18.4. The van der Waals surface area contributed by atoms with Crippen LogP contribution in [0.4, 0.5) is 5.69 Å². The molecule has 0 radical (unpaired) electrons. The number of hydrogen-bond donors (Lipinski definition) is 1. The van der Waals surface area contributed by atoms with Gasteiger partial charge in [-0.3, -0.25) is 0 Å². The Kier molecular flexibility index (Phi) is 10.9. The van der Waals surface area contributed by atoms with Crippen LogP contribution in [0.15, 0.2) is 18.2 Å². The van der Waals surface area contributed by atoms with E-state index in [0.29, 0.717) is 10.7 Å². The summed E-state index contributed by atoms with van der Waals surface area (Å²) in [5, 5.41) is 0.595. The highest BCUT2D eigenvalue weighted by Gasteiger charge is 2.01. The summed E-state index contributed by atoms with van der Waals surface area (Å²) in [7, 11) is 0. The normalized spacial score (nSPS) is 10.0. The molecule has 0 aromatic heterocycles. The standard InChI is InChI=1S/C15H24ClNO.ClH/c1-2-3-4-5-6-7-8-11-18-15-10-9-13(17)12-14(15)16;/h9-10,12H,2-8,11,17H2,1H3;1H. The fraction of sp³-hybridized carbons (Fsp3) is 0.600. The van der Waals surface area contributed by atoms with Gasteiger partial charge in [0.2, 0.25) is 0 Å². The van der Waals surface area contributed by atoms with E-state index in [1.165, 1.54) is 38.5 Å². The molecule has 0 saturated heterocycles. The zero-order chi connectivity index (χ0) is 13.2. The molecular formula is C15H25Cl2NO. The number of nitrogens with two attached hydrogens (primary N) is 1. The number of ether oxygens (including phenoxy) is 1. The Morgan fingerprint density at radius 2 is 1.68 bits per heavy atom. The molecule has 110 valence electrons. The van der Waals surface area contributed by atoms with Crippen LogP contribution in [-0.2, 0) is 0 Å². The average molecular weight is 306 g/mol. The van der Waals surface area contributed by atoms with Crippen molar-refractivity contribution < 1.29 is 4.74 Å². The van der Waals surface area contributed by atoms with E-state index in [1.54, 1.807) is 6.07 Å². The van der Waals surface area contributed by atoms with Crippen molar-refractivity contribution in [1.29, 1.82) is 0 Å². The molecule has 0 bridgehead atoms. The second-order valence-corrected chi connectivity index (χ2v) is 5.07. The van der Waals surface area contributed by atoms with Crippen LogP contribution in [0.25, 0.3) is 0 Å². The van der Waals surface area contributed by atoms with Gasteiger partial charge in [-0.15, -0.1) is 12.4 Å². The van der Waals surface area contributed by atoms with Gasteiger partial charge < -0.3 is 10.5 Å². The summed E-state index contributed by atoms with van der Waals surface area (Å²) in [6, 6.07) is 5.37. The maximum atomic E-state index is 6.02. The lowest BCUT2D eigenvalue weighted by atomic mass is 10.1. The number of unbranched alkanes of at least 4 members (excludes halogenated alkanes) is 6. The largest absolute Gasteiger partial charge is 0.492 e. The minimum absolute atomic E-state index is 0. The molecule has 1 aromatic rings. The molecule has 0 fully saturated rings. The molecule has 0 amide bonds. The number of anilines is 1. The number of hydrogen-bond acceptors (Lipinski definition) is 2. The summed E-state index contributed by atoms with van der Waals surface area (Å²) in [5.41, 5.74) is 6.29. The Hall–Kier alpha value is -0.600. The Bertz CT molecular complexity index is 345.